The van der Waals surface area contributed by atoms with E-state index in [1.165, 1.54) is 0 Å². The van der Waals surface area contributed by atoms with Crippen molar-refractivity contribution in [1.29, 1.82) is 0 Å². The van der Waals surface area contributed by atoms with Crippen molar-refractivity contribution >= 4 is 15.7 Å². The minimum absolute atomic E-state index is 0.122. The molecular weight excluding hydrogens is 291 g/mol. The van der Waals surface area contributed by atoms with Crippen LogP contribution in [0.3, 0.4) is 0 Å². The van der Waals surface area contributed by atoms with Crippen molar-refractivity contribution < 1.29 is 22.8 Å². The Hall–Kier alpha value is -1.58. The highest BCUT2D eigenvalue weighted by molar-refractivity contribution is 7.89. The van der Waals surface area contributed by atoms with Crippen LogP contribution in [0.4, 0.5) is 10.1 Å². The second-order valence-corrected chi connectivity index (χ2v) is 6.30. The first-order chi connectivity index (χ1) is 9.37. The van der Waals surface area contributed by atoms with Crippen LogP contribution in [0.15, 0.2) is 23.1 Å². The molecule has 2 rings (SSSR count). The smallest absolute Gasteiger partial charge is 0.272 e. The van der Waals surface area contributed by atoms with Gasteiger partial charge in [0, 0.05) is 18.7 Å². The molecule has 0 heterocycles. The Kier molecular flexibility index (Phi) is 4.02. The zero-order valence-electron chi connectivity index (χ0n) is 10.4. The van der Waals surface area contributed by atoms with E-state index >= 15 is 0 Å². The molecule has 0 saturated heterocycles. The number of halogens is 1. The fourth-order valence-electron chi connectivity index (χ4n) is 1.90. The van der Waals surface area contributed by atoms with Gasteiger partial charge in [0.25, 0.3) is 5.69 Å². The van der Waals surface area contributed by atoms with Crippen LogP contribution < -0.4 is 0 Å². The summed E-state index contributed by atoms with van der Waals surface area (Å²) in [5, 5.41) is 19.4. The Labute approximate surface area is 114 Å². The van der Waals surface area contributed by atoms with Gasteiger partial charge in [0.15, 0.2) is 0 Å². The maximum Gasteiger partial charge on any atom is 0.272 e. The van der Waals surface area contributed by atoms with Gasteiger partial charge in [-0.25, -0.2) is 12.8 Å². The summed E-state index contributed by atoms with van der Waals surface area (Å²) >= 11 is 0. The van der Waals surface area contributed by atoms with Gasteiger partial charge in [0.05, 0.1) is 17.6 Å². The van der Waals surface area contributed by atoms with E-state index in [9.17, 15) is 22.9 Å². The highest BCUT2D eigenvalue weighted by Gasteiger charge is 2.39. The lowest BCUT2D eigenvalue weighted by Crippen LogP contribution is -2.36. The van der Waals surface area contributed by atoms with Gasteiger partial charge in [-0.1, -0.05) is 0 Å². The Morgan fingerprint density at radius 2 is 2.10 bits per heavy atom. The summed E-state index contributed by atoms with van der Waals surface area (Å²) in [6.45, 7) is -0.492. The lowest BCUT2D eigenvalue weighted by Gasteiger charge is -2.20. The molecule has 1 aliphatic rings. The van der Waals surface area contributed by atoms with Crippen molar-refractivity contribution in [3.63, 3.8) is 0 Å². The van der Waals surface area contributed by atoms with Gasteiger partial charge in [-0.3, -0.25) is 10.1 Å². The number of sulfonamides is 1. The minimum atomic E-state index is -4.10. The number of hydrogen-bond donors (Lipinski definition) is 1. The first kappa shape index (κ1) is 14.8. The van der Waals surface area contributed by atoms with E-state index in [-0.39, 0.29) is 19.2 Å². The SMILES string of the molecule is O=[N+]([O-])c1ccc(S(=O)(=O)N(CCO)C2CC2)c(F)c1. The van der Waals surface area contributed by atoms with Gasteiger partial charge in [-0.15, -0.1) is 0 Å². The summed E-state index contributed by atoms with van der Waals surface area (Å²) in [5.41, 5.74) is -0.512. The second-order valence-electron chi connectivity index (χ2n) is 4.44. The van der Waals surface area contributed by atoms with Crippen molar-refractivity contribution in [3.8, 4) is 0 Å². The molecule has 0 amide bonds. The predicted molar refractivity (Wildman–Crippen MR) is 67.1 cm³/mol. The van der Waals surface area contributed by atoms with Crippen LogP contribution in [0.25, 0.3) is 0 Å². The fraction of sp³-hybridized carbons (Fsp3) is 0.455. The van der Waals surface area contributed by atoms with Gasteiger partial charge in [0.1, 0.15) is 10.7 Å². The molecule has 7 nitrogen and oxygen atoms in total. The molecule has 110 valence electrons. The normalized spacial score (nSPS) is 15.6. The van der Waals surface area contributed by atoms with Gasteiger partial charge in [-0.05, 0) is 18.9 Å². The second kappa shape index (κ2) is 5.43. The molecule has 0 atom stereocenters. The molecule has 1 N–H and O–H groups in total. The summed E-state index contributed by atoms with van der Waals surface area (Å²) in [5.74, 6) is -1.16. The zero-order chi connectivity index (χ0) is 14.9. The Bertz CT molecular complexity index is 630. The van der Waals surface area contributed by atoms with Gasteiger partial charge >= 0.3 is 0 Å². The molecule has 0 spiro atoms. The van der Waals surface area contributed by atoms with Gasteiger partial charge in [0.2, 0.25) is 10.0 Å². The van der Waals surface area contributed by atoms with E-state index in [2.05, 4.69) is 0 Å². The molecule has 20 heavy (non-hydrogen) atoms. The van der Waals surface area contributed by atoms with E-state index in [0.29, 0.717) is 18.9 Å². The third-order valence-electron chi connectivity index (χ3n) is 2.99. The van der Waals surface area contributed by atoms with E-state index in [1.807, 2.05) is 0 Å². The predicted octanol–water partition coefficient (Wildman–Crippen LogP) is 0.879. The quantitative estimate of drug-likeness (QED) is 0.621. The monoisotopic (exact) mass is 304 g/mol. The van der Waals surface area contributed by atoms with Crippen LogP contribution >= 0.6 is 0 Å². The van der Waals surface area contributed by atoms with Crippen LogP contribution in [0, 0.1) is 15.9 Å². The molecule has 1 aromatic carbocycles. The molecule has 0 bridgehead atoms. The van der Waals surface area contributed by atoms with E-state index < -0.39 is 31.3 Å². The summed E-state index contributed by atoms with van der Waals surface area (Å²) < 4.78 is 39.5. The molecule has 1 fully saturated rings. The van der Waals surface area contributed by atoms with E-state index in [1.54, 1.807) is 0 Å². The van der Waals surface area contributed by atoms with E-state index in [4.69, 9.17) is 5.11 Å². The highest BCUT2D eigenvalue weighted by atomic mass is 32.2. The van der Waals surface area contributed by atoms with Crippen molar-refractivity contribution in [1.82, 2.24) is 4.31 Å². The van der Waals surface area contributed by atoms with Crippen molar-refractivity contribution in [2.24, 2.45) is 0 Å². The number of aliphatic hydroxyl groups is 1. The Morgan fingerprint density at radius 3 is 2.55 bits per heavy atom. The Morgan fingerprint density at radius 1 is 1.45 bits per heavy atom. The maximum absolute atomic E-state index is 13.8. The van der Waals surface area contributed by atoms with Crippen molar-refractivity contribution in [3.05, 3.63) is 34.1 Å². The molecular formula is C11H13FN2O5S. The third kappa shape index (κ3) is 2.79. The molecule has 0 aliphatic heterocycles. The maximum atomic E-state index is 13.8. The summed E-state index contributed by atoms with van der Waals surface area (Å²) in [7, 11) is -4.10. The van der Waals surface area contributed by atoms with Crippen LogP contribution in [0.5, 0.6) is 0 Å². The summed E-state index contributed by atoms with van der Waals surface area (Å²) in [6, 6.07) is 2.17. The standard InChI is InChI=1S/C11H13FN2O5S/c12-10-7-9(14(16)17)3-4-11(10)20(18,19)13(5-6-15)8-1-2-8/h3-4,7-8,15H,1-2,5-6H2. The summed E-state index contributed by atoms with van der Waals surface area (Å²) in [4.78, 5) is 9.11. The number of aliphatic hydroxyl groups excluding tert-OH is 1. The highest BCUT2D eigenvalue weighted by Crippen LogP contribution is 2.33. The molecule has 0 radical (unpaired) electrons. The molecule has 1 saturated carbocycles. The van der Waals surface area contributed by atoms with Crippen molar-refractivity contribution in [2.45, 2.75) is 23.8 Å². The van der Waals surface area contributed by atoms with Crippen LogP contribution in [0.1, 0.15) is 12.8 Å². The molecule has 1 aromatic rings. The molecule has 0 aromatic heterocycles. The average molecular weight is 304 g/mol. The molecule has 9 heteroatoms. The van der Waals surface area contributed by atoms with Crippen LogP contribution in [0.2, 0.25) is 0 Å². The number of benzene rings is 1. The van der Waals surface area contributed by atoms with Crippen LogP contribution in [-0.2, 0) is 10.0 Å². The van der Waals surface area contributed by atoms with Gasteiger partial charge in [-0.2, -0.15) is 4.31 Å². The topological polar surface area (TPSA) is 101 Å². The number of nitro benzene ring substituents is 1. The molecule has 0 unspecified atom stereocenters. The number of hydrogen-bond acceptors (Lipinski definition) is 5. The largest absolute Gasteiger partial charge is 0.395 e. The first-order valence-electron chi connectivity index (χ1n) is 5.94. The average Bonchev–Trinajstić information content (AvgIpc) is 3.19. The van der Waals surface area contributed by atoms with E-state index in [0.717, 1.165) is 16.4 Å². The first-order valence-corrected chi connectivity index (χ1v) is 7.38. The van der Waals surface area contributed by atoms with Gasteiger partial charge < -0.3 is 5.11 Å². The number of nitro groups is 1. The number of non-ortho nitro benzene ring substituents is 1. The van der Waals surface area contributed by atoms with Crippen molar-refractivity contribution in [2.75, 3.05) is 13.2 Å². The Balaban J connectivity index is 2.40. The number of nitrogens with zero attached hydrogens (tertiary/aromatic N) is 2. The fourth-order valence-corrected chi connectivity index (χ4v) is 3.62. The lowest BCUT2D eigenvalue weighted by atomic mass is 10.3. The third-order valence-corrected chi connectivity index (χ3v) is 4.97. The minimum Gasteiger partial charge on any atom is -0.395 e. The zero-order valence-corrected chi connectivity index (χ0v) is 11.2. The number of rotatable bonds is 6. The lowest BCUT2D eigenvalue weighted by molar-refractivity contribution is -0.385. The van der Waals surface area contributed by atoms with Crippen LogP contribution in [-0.4, -0.2) is 41.9 Å². The molecule has 1 aliphatic carbocycles. The summed E-state index contributed by atoms with van der Waals surface area (Å²) in [6.07, 6.45) is 1.32.